The summed E-state index contributed by atoms with van der Waals surface area (Å²) in [6.45, 7) is 2.94. The number of hydrogen-bond acceptors (Lipinski definition) is 5. The number of hydrogen-bond donors (Lipinski definition) is 1. The zero-order valence-corrected chi connectivity index (χ0v) is 10.6. The van der Waals surface area contributed by atoms with Crippen LogP contribution in [0.25, 0.3) is 0 Å². The van der Waals surface area contributed by atoms with Gasteiger partial charge in [-0.15, -0.1) is 0 Å². The van der Waals surface area contributed by atoms with E-state index < -0.39 is 10.9 Å². The van der Waals surface area contributed by atoms with Crippen LogP contribution < -0.4 is 4.90 Å². The Bertz CT molecular complexity index is 510. The molecule has 0 amide bonds. The molecule has 7 nitrogen and oxygen atoms in total. The van der Waals surface area contributed by atoms with Crippen LogP contribution in [-0.4, -0.2) is 54.1 Å². The van der Waals surface area contributed by atoms with E-state index in [2.05, 4.69) is 4.90 Å². The zero-order chi connectivity index (χ0) is 14.0. The van der Waals surface area contributed by atoms with Crippen molar-refractivity contribution in [3.05, 3.63) is 33.9 Å². The van der Waals surface area contributed by atoms with Gasteiger partial charge in [0, 0.05) is 38.3 Å². The van der Waals surface area contributed by atoms with E-state index in [1.165, 1.54) is 18.2 Å². The van der Waals surface area contributed by atoms with Crippen LogP contribution in [0.3, 0.4) is 0 Å². The molecule has 0 radical (unpaired) electrons. The van der Waals surface area contributed by atoms with Gasteiger partial charge in [0.15, 0.2) is 0 Å². The van der Waals surface area contributed by atoms with Gasteiger partial charge in [0.05, 0.1) is 16.2 Å². The minimum Gasteiger partial charge on any atom is -0.478 e. The van der Waals surface area contributed by atoms with Gasteiger partial charge >= 0.3 is 5.97 Å². The lowest BCUT2D eigenvalue weighted by atomic mass is 10.1. The molecule has 1 aromatic rings. The molecular formula is C12H15N3O4. The van der Waals surface area contributed by atoms with Gasteiger partial charge in [-0.1, -0.05) is 0 Å². The van der Waals surface area contributed by atoms with Crippen molar-refractivity contribution >= 4 is 17.3 Å². The number of benzene rings is 1. The van der Waals surface area contributed by atoms with Gasteiger partial charge in [-0.25, -0.2) is 4.79 Å². The molecule has 1 aliphatic rings. The highest BCUT2D eigenvalue weighted by molar-refractivity contribution is 5.95. The van der Waals surface area contributed by atoms with E-state index in [-0.39, 0.29) is 11.3 Å². The average Bonchev–Trinajstić information content (AvgIpc) is 2.38. The summed E-state index contributed by atoms with van der Waals surface area (Å²) < 4.78 is 0. The molecule has 0 spiro atoms. The van der Waals surface area contributed by atoms with Crippen molar-refractivity contribution in [1.82, 2.24) is 4.90 Å². The first-order valence-electron chi connectivity index (χ1n) is 5.94. The summed E-state index contributed by atoms with van der Waals surface area (Å²) in [5.41, 5.74) is 0.448. The third-order valence-corrected chi connectivity index (χ3v) is 3.27. The Morgan fingerprint density at radius 3 is 2.47 bits per heavy atom. The van der Waals surface area contributed by atoms with E-state index in [0.717, 1.165) is 13.1 Å². The summed E-state index contributed by atoms with van der Waals surface area (Å²) in [5, 5.41) is 20.0. The molecule has 1 aliphatic heterocycles. The summed E-state index contributed by atoms with van der Waals surface area (Å²) in [6.07, 6.45) is 0. The number of carboxylic acids is 1. The predicted molar refractivity (Wildman–Crippen MR) is 69.8 cm³/mol. The third kappa shape index (κ3) is 2.82. The van der Waals surface area contributed by atoms with Gasteiger partial charge in [-0.2, -0.15) is 0 Å². The van der Waals surface area contributed by atoms with Gasteiger partial charge in [-0.3, -0.25) is 10.1 Å². The Hall–Kier alpha value is -2.15. The van der Waals surface area contributed by atoms with Crippen LogP contribution in [0.1, 0.15) is 10.4 Å². The number of aromatic carboxylic acids is 1. The van der Waals surface area contributed by atoms with E-state index in [9.17, 15) is 20.0 Å². The van der Waals surface area contributed by atoms with Gasteiger partial charge in [0.1, 0.15) is 0 Å². The molecule has 1 heterocycles. The van der Waals surface area contributed by atoms with Crippen molar-refractivity contribution in [2.75, 3.05) is 38.1 Å². The predicted octanol–water partition coefficient (Wildman–Crippen LogP) is 1.04. The number of rotatable bonds is 3. The van der Waals surface area contributed by atoms with Crippen LogP contribution >= 0.6 is 0 Å². The monoisotopic (exact) mass is 265 g/mol. The summed E-state index contributed by atoms with van der Waals surface area (Å²) >= 11 is 0. The highest BCUT2D eigenvalue weighted by atomic mass is 16.6. The summed E-state index contributed by atoms with van der Waals surface area (Å²) in [6, 6.07) is 3.87. The van der Waals surface area contributed by atoms with Crippen LogP contribution in [0.5, 0.6) is 0 Å². The Morgan fingerprint density at radius 2 is 1.95 bits per heavy atom. The molecule has 19 heavy (non-hydrogen) atoms. The van der Waals surface area contributed by atoms with E-state index in [1.807, 2.05) is 11.9 Å². The largest absolute Gasteiger partial charge is 0.478 e. The normalized spacial score (nSPS) is 16.4. The molecule has 7 heteroatoms. The molecule has 0 atom stereocenters. The number of nitrogens with zero attached hydrogens (tertiary/aromatic N) is 3. The van der Waals surface area contributed by atoms with Crippen molar-refractivity contribution in [3.63, 3.8) is 0 Å². The van der Waals surface area contributed by atoms with Gasteiger partial charge in [0.25, 0.3) is 5.69 Å². The first-order valence-corrected chi connectivity index (χ1v) is 5.94. The van der Waals surface area contributed by atoms with E-state index >= 15 is 0 Å². The Balaban J connectivity index is 2.37. The fraction of sp³-hybridized carbons (Fsp3) is 0.417. The molecule has 102 valence electrons. The molecule has 1 aromatic carbocycles. The lowest BCUT2D eigenvalue weighted by molar-refractivity contribution is -0.384. The fourth-order valence-electron chi connectivity index (χ4n) is 2.12. The van der Waals surface area contributed by atoms with Crippen molar-refractivity contribution in [3.8, 4) is 0 Å². The molecular weight excluding hydrogens is 250 g/mol. The smallest absolute Gasteiger partial charge is 0.337 e. The Morgan fingerprint density at radius 1 is 1.32 bits per heavy atom. The molecule has 0 unspecified atom stereocenters. The molecule has 1 N–H and O–H groups in total. The Labute approximate surface area is 110 Å². The van der Waals surface area contributed by atoms with Gasteiger partial charge in [0.2, 0.25) is 0 Å². The first-order chi connectivity index (χ1) is 8.99. The summed E-state index contributed by atoms with van der Waals surface area (Å²) in [5.74, 6) is -1.07. The minimum atomic E-state index is -1.07. The number of nitro groups is 1. The van der Waals surface area contributed by atoms with Crippen LogP contribution in [0.15, 0.2) is 18.2 Å². The lowest BCUT2D eigenvalue weighted by Gasteiger charge is -2.34. The first kappa shape index (κ1) is 13.3. The molecule has 0 aliphatic carbocycles. The quantitative estimate of drug-likeness (QED) is 0.649. The fourth-order valence-corrected chi connectivity index (χ4v) is 2.12. The highest BCUT2D eigenvalue weighted by Gasteiger charge is 2.22. The number of nitro benzene ring substituents is 1. The Kier molecular flexibility index (Phi) is 3.66. The second kappa shape index (κ2) is 5.23. The molecule has 2 rings (SSSR count). The maximum atomic E-state index is 11.2. The van der Waals surface area contributed by atoms with Gasteiger partial charge < -0.3 is 14.9 Å². The SMILES string of the molecule is CN1CCN(c2cc([N+](=O)[O-])ccc2C(=O)O)CC1. The van der Waals surface area contributed by atoms with Crippen LogP contribution in [0.2, 0.25) is 0 Å². The zero-order valence-electron chi connectivity index (χ0n) is 10.6. The van der Waals surface area contributed by atoms with E-state index in [1.54, 1.807) is 0 Å². The number of likely N-dealkylation sites (N-methyl/N-ethyl adjacent to an activating group) is 1. The van der Waals surface area contributed by atoms with Crippen molar-refractivity contribution in [2.45, 2.75) is 0 Å². The molecule has 0 aromatic heterocycles. The second-order valence-corrected chi connectivity index (χ2v) is 4.55. The van der Waals surface area contributed by atoms with E-state index in [0.29, 0.717) is 18.8 Å². The van der Waals surface area contributed by atoms with Crippen molar-refractivity contribution < 1.29 is 14.8 Å². The van der Waals surface area contributed by atoms with Crippen LogP contribution in [0.4, 0.5) is 11.4 Å². The maximum Gasteiger partial charge on any atom is 0.337 e. The lowest BCUT2D eigenvalue weighted by Crippen LogP contribution is -2.45. The third-order valence-electron chi connectivity index (χ3n) is 3.27. The van der Waals surface area contributed by atoms with Crippen molar-refractivity contribution in [1.29, 1.82) is 0 Å². The van der Waals surface area contributed by atoms with Gasteiger partial charge in [-0.05, 0) is 13.1 Å². The number of carboxylic acid groups (broad SMARTS) is 1. The maximum absolute atomic E-state index is 11.2. The highest BCUT2D eigenvalue weighted by Crippen LogP contribution is 2.27. The number of carbonyl (C=O) groups is 1. The summed E-state index contributed by atoms with van der Waals surface area (Å²) in [7, 11) is 1.99. The molecule has 1 saturated heterocycles. The number of non-ortho nitro benzene ring substituents is 1. The second-order valence-electron chi connectivity index (χ2n) is 4.55. The summed E-state index contributed by atoms with van der Waals surface area (Å²) in [4.78, 5) is 25.5. The number of anilines is 1. The molecule has 0 bridgehead atoms. The standard InChI is InChI=1S/C12H15N3O4/c1-13-4-6-14(7-5-13)11-8-9(15(18)19)2-3-10(11)12(16)17/h2-3,8H,4-7H2,1H3,(H,16,17). The van der Waals surface area contributed by atoms with Crippen LogP contribution in [-0.2, 0) is 0 Å². The van der Waals surface area contributed by atoms with E-state index in [4.69, 9.17) is 0 Å². The average molecular weight is 265 g/mol. The topological polar surface area (TPSA) is 86.9 Å². The minimum absolute atomic E-state index is 0.0843. The van der Waals surface area contributed by atoms with Crippen molar-refractivity contribution in [2.24, 2.45) is 0 Å². The molecule has 0 saturated carbocycles. The number of piperazine rings is 1. The molecule has 1 fully saturated rings. The van der Waals surface area contributed by atoms with Crippen LogP contribution in [0, 0.1) is 10.1 Å².